The predicted octanol–water partition coefficient (Wildman–Crippen LogP) is 2.01. The predicted molar refractivity (Wildman–Crippen MR) is 69.8 cm³/mol. The first-order valence-corrected chi connectivity index (χ1v) is 5.78. The second-order valence-corrected chi connectivity index (χ2v) is 3.92. The van der Waals surface area contributed by atoms with Crippen molar-refractivity contribution in [2.24, 2.45) is 0 Å². The van der Waals surface area contributed by atoms with E-state index in [9.17, 15) is 9.59 Å². The zero-order chi connectivity index (χ0) is 13.0. The number of hydrogen-bond acceptors (Lipinski definition) is 2. The molecule has 0 heterocycles. The Balaban J connectivity index is 2.15. The van der Waals surface area contributed by atoms with Crippen molar-refractivity contribution >= 4 is 22.6 Å². The lowest BCUT2D eigenvalue weighted by atomic mass is 10.1. The van der Waals surface area contributed by atoms with E-state index in [0.717, 1.165) is 10.8 Å². The van der Waals surface area contributed by atoms with Crippen LogP contribution >= 0.6 is 0 Å². The molecule has 4 nitrogen and oxygen atoms in total. The lowest BCUT2D eigenvalue weighted by Gasteiger charge is -2.06. The van der Waals surface area contributed by atoms with Crippen LogP contribution in [0, 0.1) is 0 Å². The Morgan fingerprint density at radius 1 is 1.00 bits per heavy atom. The van der Waals surface area contributed by atoms with Gasteiger partial charge in [-0.05, 0) is 22.9 Å². The van der Waals surface area contributed by atoms with Crippen LogP contribution in [0.5, 0.6) is 0 Å². The van der Waals surface area contributed by atoms with E-state index in [-0.39, 0.29) is 11.8 Å². The molecule has 18 heavy (non-hydrogen) atoms. The van der Waals surface area contributed by atoms with Gasteiger partial charge in [0.05, 0.1) is 0 Å². The molecule has 0 saturated heterocycles. The first-order valence-electron chi connectivity index (χ1n) is 5.78. The maximum atomic E-state index is 11.8. The largest absolute Gasteiger partial charge is 0.273 e. The van der Waals surface area contributed by atoms with E-state index >= 15 is 0 Å². The maximum absolute atomic E-state index is 11.8. The molecule has 92 valence electrons. The summed E-state index contributed by atoms with van der Waals surface area (Å²) in [6.07, 6.45) is 0.331. The summed E-state index contributed by atoms with van der Waals surface area (Å²) >= 11 is 0. The van der Waals surface area contributed by atoms with E-state index in [0.29, 0.717) is 12.0 Å². The molecule has 0 saturated carbocycles. The Morgan fingerprint density at radius 2 is 1.72 bits per heavy atom. The van der Waals surface area contributed by atoms with Crippen LogP contribution in [0.4, 0.5) is 0 Å². The van der Waals surface area contributed by atoms with Crippen molar-refractivity contribution in [1.29, 1.82) is 0 Å². The van der Waals surface area contributed by atoms with Gasteiger partial charge < -0.3 is 0 Å². The molecule has 2 aromatic carbocycles. The van der Waals surface area contributed by atoms with Crippen LogP contribution in [-0.4, -0.2) is 11.8 Å². The van der Waals surface area contributed by atoms with E-state index in [2.05, 4.69) is 10.9 Å². The summed E-state index contributed by atoms with van der Waals surface area (Å²) in [5.41, 5.74) is 5.23. The molecule has 0 fully saturated rings. The number of fused-ring (bicyclic) bond motifs is 1. The molecule has 0 bridgehead atoms. The molecule has 0 aliphatic heterocycles. The van der Waals surface area contributed by atoms with Crippen molar-refractivity contribution in [3.05, 3.63) is 48.0 Å². The van der Waals surface area contributed by atoms with Crippen molar-refractivity contribution in [2.75, 3.05) is 0 Å². The Bertz CT molecular complexity index is 593. The second-order valence-electron chi connectivity index (χ2n) is 3.92. The van der Waals surface area contributed by atoms with Crippen LogP contribution in [0.3, 0.4) is 0 Å². The Hall–Kier alpha value is -2.36. The molecule has 0 spiro atoms. The zero-order valence-electron chi connectivity index (χ0n) is 10.1. The lowest BCUT2D eigenvalue weighted by Crippen LogP contribution is -2.41. The maximum Gasteiger partial charge on any atom is 0.269 e. The van der Waals surface area contributed by atoms with E-state index in [4.69, 9.17) is 0 Å². The second kappa shape index (κ2) is 5.31. The summed E-state index contributed by atoms with van der Waals surface area (Å²) in [5, 5.41) is 2.07. The molecule has 2 aromatic rings. The third-order valence-electron chi connectivity index (χ3n) is 2.65. The highest BCUT2D eigenvalue weighted by Crippen LogP contribution is 2.15. The Labute approximate surface area is 105 Å². The molecule has 0 unspecified atom stereocenters. The van der Waals surface area contributed by atoms with Gasteiger partial charge in [-0.25, -0.2) is 0 Å². The summed E-state index contributed by atoms with van der Waals surface area (Å²) in [4.78, 5) is 22.8. The zero-order valence-corrected chi connectivity index (χ0v) is 10.1. The topological polar surface area (TPSA) is 58.2 Å². The number of carbonyl (C=O) groups is 2. The van der Waals surface area contributed by atoms with Gasteiger partial charge in [0.1, 0.15) is 0 Å². The van der Waals surface area contributed by atoms with E-state index in [1.165, 1.54) is 0 Å². The first-order chi connectivity index (χ1) is 8.70. The third kappa shape index (κ3) is 2.66. The van der Waals surface area contributed by atoms with Crippen molar-refractivity contribution in [3.63, 3.8) is 0 Å². The summed E-state index contributed by atoms with van der Waals surface area (Å²) in [5.74, 6) is -0.535. The van der Waals surface area contributed by atoms with Crippen molar-refractivity contribution in [1.82, 2.24) is 10.9 Å². The normalized spacial score (nSPS) is 10.1. The van der Waals surface area contributed by atoms with Gasteiger partial charge in [-0.15, -0.1) is 0 Å². The molecule has 2 rings (SSSR count). The minimum atomic E-state index is -0.317. The standard InChI is InChI=1S/C14H14N2O2/c1-2-13(17)15-16-14(18)12-8-7-10-5-3-4-6-11(10)9-12/h3-9H,2H2,1H3,(H,15,17)(H,16,18). The molecule has 0 aromatic heterocycles. The Kier molecular flexibility index (Phi) is 3.57. The van der Waals surface area contributed by atoms with Gasteiger partial charge in [0.25, 0.3) is 5.91 Å². The van der Waals surface area contributed by atoms with Gasteiger partial charge in [-0.3, -0.25) is 20.4 Å². The number of nitrogens with one attached hydrogen (secondary N) is 2. The number of benzene rings is 2. The van der Waals surface area contributed by atoms with Crippen LogP contribution in [0.25, 0.3) is 10.8 Å². The van der Waals surface area contributed by atoms with Gasteiger partial charge in [0.2, 0.25) is 5.91 Å². The molecule has 0 radical (unpaired) electrons. The number of hydrazine groups is 1. The summed E-state index contributed by atoms with van der Waals surface area (Å²) in [7, 11) is 0. The number of carbonyl (C=O) groups excluding carboxylic acids is 2. The quantitative estimate of drug-likeness (QED) is 0.791. The van der Waals surface area contributed by atoms with Crippen molar-refractivity contribution in [3.8, 4) is 0 Å². The monoisotopic (exact) mass is 242 g/mol. The highest BCUT2D eigenvalue weighted by Gasteiger charge is 2.06. The number of hydrogen-bond donors (Lipinski definition) is 2. The minimum Gasteiger partial charge on any atom is -0.273 e. The Morgan fingerprint density at radius 3 is 2.44 bits per heavy atom. The molecule has 2 N–H and O–H groups in total. The molecule has 0 aliphatic rings. The fraction of sp³-hybridized carbons (Fsp3) is 0.143. The van der Waals surface area contributed by atoms with Gasteiger partial charge >= 0.3 is 0 Å². The number of amides is 2. The third-order valence-corrected chi connectivity index (χ3v) is 2.65. The average molecular weight is 242 g/mol. The van der Waals surface area contributed by atoms with E-state index < -0.39 is 0 Å². The lowest BCUT2D eigenvalue weighted by molar-refractivity contribution is -0.121. The SMILES string of the molecule is CCC(=O)NNC(=O)c1ccc2ccccc2c1. The molecular weight excluding hydrogens is 228 g/mol. The summed E-state index contributed by atoms with van der Waals surface area (Å²) in [6, 6.07) is 13.2. The highest BCUT2D eigenvalue weighted by atomic mass is 16.2. The van der Waals surface area contributed by atoms with E-state index in [1.54, 1.807) is 19.1 Å². The highest BCUT2D eigenvalue weighted by molar-refractivity contribution is 5.99. The summed E-state index contributed by atoms with van der Waals surface area (Å²) < 4.78 is 0. The van der Waals surface area contributed by atoms with Crippen LogP contribution in [0.1, 0.15) is 23.7 Å². The average Bonchev–Trinajstić information content (AvgIpc) is 2.43. The van der Waals surface area contributed by atoms with Gasteiger partial charge in [-0.1, -0.05) is 37.3 Å². The van der Waals surface area contributed by atoms with Gasteiger partial charge in [-0.2, -0.15) is 0 Å². The van der Waals surface area contributed by atoms with Crippen LogP contribution in [-0.2, 0) is 4.79 Å². The molecule has 2 amide bonds. The first kappa shape index (κ1) is 12.1. The van der Waals surface area contributed by atoms with Gasteiger partial charge in [0.15, 0.2) is 0 Å². The summed E-state index contributed by atoms with van der Waals surface area (Å²) in [6.45, 7) is 1.72. The van der Waals surface area contributed by atoms with Gasteiger partial charge in [0, 0.05) is 12.0 Å². The van der Waals surface area contributed by atoms with Crippen molar-refractivity contribution < 1.29 is 9.59 Å². The fourth-order valence-corrected chi connectivity index (χ4v) is 1.62. The molecule has 4 heteroatoms. The smallest absolute Gasteiger partial charge is 0.269 e. The fourth-order valence-electron chi connectivity index (χ4n) is 1.62. The number of rotatable bonds is 2. The van der Waals surface area contributed by atoms with Crippen LogP contribution < -0.4 is 10.9 Å². The van der Waals surface area contributed by atoms with Crippen molar-refractivity contribution in [2.45, 2.75) is 13.3 Å². The molecule has 0 atom stereocenters. The minimum absolute atomic E-state index is 0.218. The van der Waals surface area contributed by atoms with Crippen LogP contribution in [0.15, 0.2) is 42.5 Å². The molecule has 0 aliphatic carbocycles. The van der Waals surface area contributed by atoms with E-state index in [1.807, 2.05) is 30.3 Å². The van der Waals surface area contributed by atoms with Crippen LogP contribution in [0.2, 0.25) is 0 Å². The molecular formula is C14H14N2O2.